The molecule has 0 atom stereocenters. The SMILES string of the molecule is CCN(CC)S(=O)(=O)c1ccc(=O)n(CC(=O)N2CCCN(Cc3ccc(C)cc3)CC2)c1. The molecule has 1 aromatic carbocycles. The second kappa shape index (κ2) is 11.1. The highest BCUT2D eigenvalue weighted by molar-refractivity contribution is 7.89. The Morgan fingerprint density at radius 2 is 1.67 bits per heavy atom. The molecule has 0 unspecified atom stereocenters. The third-order valence-electron chi connectivity index (χ3n) is 6.07. The van der Waals surface area contributed by atoms with Crippen molar-refractivity contribution >= 4 is 15.9 Å². The highest BCUT2D eigenvalue weighted by atomic mass is 32.2. The van der Waals surface area contributed by atoms with Gasteiger partial charge in [0, 0.05) is 58.1 Å². The van der Waals surface area contributed by atoms with Crippen LogP contribution in [-0.4, -0.2) is 72.3 Å². The number of carbonyl (C=O) groups excluding carboxylic acids is 1. The van der Waals surface area contributed by atoms with Gasteiger partial charge in [-0.15, -0.1) is 0 Å². The van der Waals surface area contributed by atoms with E-state index in [0.717, 1.165) is 26.1 Å². The summed E-state index contributed by atoms with van der Waals surface area (Å²) in [4.78, 5) is 29.5. The van der Waals surface area contributed by atoms with Gasteiger partial charge < -0.3 is 9.47 Å². The summed E-state index contributed by atoms with van der Waals surface area (Å²) in [5.41, 5.74) is 2.09. The fourth-order valence-electron chi connectivity index (χ4n) is 4.07. The third-order valence-corrected chi connectivity index (χ3v) is 8.11. The molecule has 180 valence electrons. The number of pyridine rings is 1. The monoisotopic (exact) mass is 474 g/mol. The maximum absolute atomic E-state index is 13.0. The van der Waals surface area contributed by atoms with Crippen molar-refractivity contribution in [2.24, 2.45) is 0 Å². The first-order valence-electron chi connectivity index (χ1n) is 11.5. The first-order valence-corrected chi connectivity index (χ1v) is 12.9. The Kier molecular flexibility index (Phi) is 8.45. The number of hydrogen-bond acceptors (Lipinski definition) is 5. The van der Waals surface area contributed by atoms with E-state index in [4.69, 9.17) is 0 Å². The molecule has 33 heavy (non-hydrogen) atoms. The largest absolute Gasteiger partial charge is 0.340 e. The maximum atomic E-state index is 13.0. The number of aryl methyl sites for hydroxylation is 1. The van der Waals surface area contributed by atoms with Crippen LogP contribution in [0.25, 0.3) is 0 Å². The van der Waals surface area contributed by atoms with Gasteiger partial charge >= 0.3 is 0 Å². The molecule has 8 nitrogen and oxygen atoms in total. The average molecular weight is 475 g/mol. The molecule has 0 radical (unpaired) electrons. The van der Waals surface area contributed by atoms with Crippen LogP contribution in [0.2, 0.25) is 0 Å². The summed E-state index contributed by atoms with van der Waals surface area (Å²) in [7, 11) is -3.70. The topological polar surface area (TPSA) is 82.9 Å². The van der Waals surface area contributed by atoms with Gasteiger partial charge in [-0.3, -0.25) is 14.5 Å². The lowest BCUT2D eigenvalue weighted by Crippen LogP contribution is -2.39. The summed E-state index contributed by atoms with van der Waals surface area (Å²) in [5.74, 6) is -0.174. The van der Waals surface area contributed by atoms with E-state index in [1.165, 1.54) is 38.3 Å². The lowest BCUT2D eigenvalue weighted by Gasteiger charge is -2.23. The highest BCUT2D eigenvalue weighted by Gasteiger charge is 2.24. The predicted molar refractivity (Wildman–Crippen MR) is 128 cm³/mol. The van der Waals surface area contributed by atoms with Crippen LogP contribution in [-0.2, 0) is 27.9 Å². The number of amides is 1. The summed E-state index contributed by atoms with van der Waals surface area (Å²) >= 11 is 0. The minimum absolute atomic E-state index is 0.0266. The summed E-state index contributed by atoms with van der Waals surface area (Å²) in [6.45, 7) is 9.80. The first kappa shape index (κ1) is 25.1. The molecule has 1 amide bonds. The molecule has 0 aliphatic carbocycles. The summed E-state index contributed by atoms with van der Waals surface area (Å²) in [5, 5.41) is 0. The number of hydrogen-bond donors (Lipinski definition) is 0. The molecule has 2 heterocycles. The second-order valence-corrected chi connectivity index (χ2v) is 10.4. The predicted octanol–water partition coefficient (Wildman–Crippen LogP) is 1.92. The van der Waals surface area contributed by atoms with Crippen molar-refractivity contribution in [2.45, 2.75) is 45.2 Å². The van der Waals surface area contributed by atoms with Crippen LogP contribution >= 0.6 is 0 Å². The molecule has 1 saturated heterocycles. The van der Waals surface area contributed by atoms with Crippen LogP contribution in [0.4, 0.5) is 0 Å². The van der Waals surface area contributed by atoms with E-state index in [1.807, 2.05) is 0 Å². The fraction of sp³-hybridized carbons (Fsp3) is 0.500. The lowest BCUT2D eigenvalue weighted by atomic mass is 10.1. The number of carbonyl (C=O) groups is 1. The van der Waals surface area contributed by atoms with E-state index in [9.17, 15) is 18.0 Å². The minimum Gasteiger partial charge on any atom is -0.340 e. The third kappa shape index (κ3) is 6.31. The minimum atomic E-state index is -3.70. The van der Waals surface area contributed by atoms with Crippen LogP contribution in [0.3, 0.4) is 0 Å². The van der Waals surface area contributed by atoms with Crippen molar-refractivity contribution in [3.05, 3.63) is 64.1 Å². The molecule has 1 fully saturated rings. The summed E-state index contributed by atoms with van der Waals surface area (Å²) in [6.07, 6.45) is 2.14. The molecule has 1 aliphatic rings. The van der Waals surface area contributed by atoms with Crippen molar-refractivity contribution in [3.8, 4) is 0 Å². The van der Waals surface area contributed by atoms with Crippen LogP contribution < -0.4 is 5.56 Å². The normalized spacial score (nSPS) is 15.6. The van der Waals surface area contributed by atoms with E-state index < -0.39 is 15.6 Å². The second-order valence-electron chi connectivity index (χ2n) is 8.42. The smallest absolute Gasteiger partial charge is 0.251 e. The Morgan fingerprint density at radius 3 is 2.33 bits per heavy atom. The van der Waals surface area contributed by atoms with Gasteiger partial charge in [-0.25, -0.2) is 8.42 Å². The average Bonchev–Trinajstić information content (AvgIpc) is 3.03. The van der Waals surface area contributed by atoms with E-state index in [1.54, 1.807) is 18.7 Å². The van der Waals surface area contributed by atoms with Gasteiger partial charge in [0.05, 0.1) is 4.90 Å². The molecule has 9 heteroatoms. The number of rotatable bonds is 8. The van der Waals surface area contributed by atoms with Crippen molar-refractivity contribution in [2.75, 3.05) is 39.3 Å². The molecule has 3 rings (SSSR count). The number of nitrogens with zero attached hydrogens (tertiary/aromatic N) is 4. The standard InChI is InChI=1S/C24H34N4O4S/c1-4-28(5-2)33(31,32)22-11-12-23(29)27(18-22)19-24(30)26-14-6-13-25(15-16-26)17-21-9-7-20(3)8-10-21/h7-12,18H,4-6,13-17,19H2,1-3H3. The van der Waals surface area contributed by atoms with Gasteiger partial charge in [0.25, 0.3) is 5.56 Å². The Morgan fingerprint density at radius 1 is 0.970 bits per heavy atom. The van der Waals surface area contributed by atoms with Gasteiger partial charge in [-0.05, 0) is 25.0 Å². The molecule has 0 saturated carbocycles. The molecule has 0 N–H and O–H groups in total. The van der Waals surface area contributed by atoms with Crippen molar-refractivity contribution in [3.63, 3.8) is 0 Å². The van der Waals surface area contributed by atoms with Crippen molar-refractivity contribution < 1.29 is 13.2 Å². The van der Waals surface area contributed by atoms with Gasteiger partial charge in [-0.1, -0.05) is 43.7 Å². The van der Waals surface area contributed by atoms with Crippen LogP contribution in [0.5, 0.6) is 0 Å². The number of aromatic nitrogens is 1. The lowest BCUT2D eigenvalue weighted by molar-refractivity contribution is -0.131. The molecular weight excluding hydrogens is 440 g/mol. The van der Waals surface area contributed by atoms with Gasteiger partial charge in [-0.2, -0.15) is 4.31 Å². The zero-order valence-corrected chi connectivity index (χ0v) is 20.6. The zero-order chi connectivity index (χ0) is 24.0. The van der Waals surface area contributed by atoms with Gasteiger partial charge in [0.2, 0.25) is 15.9 Å². The molecular formula is C24H34N4O4S. The summed E-state index contributed by atoms with van der Waals surface area (Å²) in [6, 6.07) is 11.0. The molecule has 1 aliphatic heterocycles. The van der Waals surface area contributed by atoms with Crippen LogP contribution in [0.15, 0.2) is 52.3 Å². The first-order chi connectivity index (χ1) is 15.7. The molecule has 1 aromatic heterocycles. The van der Waals surface area contributed by atoms with Crippen LogP contribution in [0.1, 0.15) is 31.4 Å². The number of benzene rings is 1. The van der Waals surface area contributed by atoms with Gasteiger partial charge in [0.1, 0.15) is 6.54 Å². The van der Waals surface area contributed by atoms with Crippen molar-refractivity contribution in [1.82, 2.24) is 18.7 Å². The quantitative estimate of drug-likeness (QED) is 0.584. The molecule has 0 spiro atoms. The highest BCUT2D eigenvalue weighted by Crippen LogP contribution is 2.14. The maximum Gasteiger partial charge on any atom is 0.251 e. The zero-order valence-electron chi connectivity index (χ0n) is 19.7. The van der Waals surface area contributed by atoms with Crippen LogP contribution in [0, 0.1) is 6.92 Å². The molecule has 0 bridgehead atoms. The van der Waals surface area contributed by atoms with E-state index in [0.29, 0.717) is 26.2 Å². The van der Waals surface area contributed by atoms with Crippen molar-refractivity contribution in [1.29, 1.82) is 0 Å². The molecule has 2 aromatic rings. The Bertz CT molecular complexity index is 1110. The fourth-order valence-corrected chi connectivity index (χ4v) is 5.55. The Labute approximate surface area is 196 Å². The Hall–Kier alpha value is -2.49. The number of sulfonamides is 1. The van der Waals surface area contributed by atoms with E-state index >= 15 is 0 Å². The van der Waals surface area contributed by atoms with Gasteiger partial charge in [0.15, 0.2) is 0 Å². The Balaban J connectivity index is 1.66. The van der Waals surface area contributed by atoms with E-state index in [2.05, 4.69) is 36.1 Å². The van der Waals surface area contributed by atoms with E-state index in [-0.39, 0.29) is 17.3 Å². The summed E-state index contributed by atoms with van der Waals surface area (Å²) < 4.78 is 28.1.